The number of carbonyl (C=O) groups is 4. The Morgan fingerprint density at radius 3 is 2.46 bits per heavy atom. The molecule has 196 valence electrons. The highest BCUT2D eigenvalue weighted by Crippen LogP contribution is 2.57. The van der Waals surface area contributed by atoms with Crippen LogP contribution in [-0.2, 0) is 19.2 Å². The summed E-state index contributed by atoms with van der Waals surface area (Å²) in [5.74, 6) is -3.38. The van der Waals surface area contributed by atoms with Crippen molar-refractivity contribution in [2.75, 3.05) is 12.0 Å². The minimum atomic E-state index is -0.777. The second-order valence-corrected chi connectivity index (χ2v) is 10.4. The van der Waals surface area contributed by atoms with E-state index in [1.165, 1.54) is 24.2 Å². The number of ether oxygens (including phenoxy) is 1. The first-order valence-electron chi connectivity index (χ1n) is 12.9. The number of phenolic OH excluding ortho intramolecular Hbond substituents is 1. The number of imide groups is 1. The average Bonchev–Trinajstić information content (AvgIpc) is 3.20. The SMILES string of the molecule is C=Cc1ccc(N2C(=O)C3CC=C4C(c5c(O)cccc5OC)C5=C(CC4C3C2=O)C(=O)C(C)=CC5=O)cc1. The van der Waals surface area contributed by atoms with Crippen molar-refractivity contribution in [3.05, 3.63) is 94.6 Å². The zero-order valence-corrected chi connectivity index (χ0v) is 21.6. The van der Waals surface area contributed by atoms with Crippen molar-refractivity contribution in [1.29, 1.82) is 0 Å². The Morgan fingerprint density at radius 1 is 1.03 bits per heavy atom. The lowest BCUT2D eigenvalue weighted by Gasteiger charge is -2.42. The first kappa shape index (κ1) is 24.8. The zero-order chi connectivity index (χ0) is 27.6. The van der Waals surface area contributed by atoms with Gasteiger partial charge in [0.05, 0.1) is 24.6 Å². The third-order valence-corrected chi connectivity index (χ3v) is 8.50. The van der Waals surface area contributed by atoms with Gasteiger partial charge in [-0.1, -0.05) is 42.5 Å². The lowest BCUT2D eigenvalue weighted by Crippen LogP contribution is -2.40. The van der Waals surface area contributed by atoms with Crippen LogP contribution in [0.15, 0.2) is 83.5 Å². The highest BCUT2D eigenvalue weighted by molar-refractivity contribution is 6.25. The summed E-state index contributed by atoms with van der Waals surface area (Å²) in [5, 5.41) is 11.0. The third kappa shape index (κ3) is 3.56. The maximum absolute atomic E-state index is 14.0. The van der Waals surface area contributed by atoms with Crippen molar-refractivity contribution < 1.29 is 29.0 Å². The van der Waals surface area contributed by atoms with Gasteiger partial charge in [-0.05, 0) is 61.6 Å². The molecule has 6 rings (SSSR count). The van der Waals surface area contributed by atoms with Gasteiger partial charge < -0.3 is 9.84 Å². The van der Waals surface area contributed by atoms with Gasteiger partial charge in [0.15, 0.2) is 11.6 Å². The van der Waals surface area contributed by atoms with E-state index in [-0.39, 0.29) is 35.6 Å². The molecule has 2 aromatic carbocycles. The number of amides is 2. The molecule has 39 heavy (non-hydrogen) atoms. The standard InChI is InChI=1S/C32H27NO6/c1-4-17-8-10-18(11-9-17)33-31(37)20-13-12-19-21(26(20)32(33)38)15-22-27(24(35)14-16(2)30(22)36)28(19)29-23(34)6-5-7-25(29)39-3/h4-12,14,20-21,26,28,34H,1,13,15H2,2-3H3. The van der Waals surface area contributed by atoms with Crippen molar-refractivity contribution in [3.8, 4) is 11.5 Å². The molecule has 1 saturated heterocycles. The number of phenols is 1. The minimum absolute atomic E-state index is 0.0702. The van der Waals surface area contributed by atoms with Gasteiger partial charge in [-0.15, -0.1) is 0 Å². The second-order valence-electron chi connectivity index (χ2n) is 10.4. The van der Waals surface area contributed by atoms with Crippen molar-refractivity contribution >= 4 is 35.1 Å². The maximum Gasteiger partial charge on any atom is 0.238 e. The van der Waals surface area contributed by atoms with Gasteiger partial charge in [-0.3, -0.25) is 24.1 Å². The molecule has 7 heteroatoms. The Hall–Kier alpha value is -4.52. The lowest BCUT2D eigenvalue weighted by atomic mass is 9.59. The summed E-state index contributed by atoms with van der Waals surface area (Å²) in [5.41, 5.74) is 3.48. The summed E-state index contributed by atoms with van der Waals surface area (Å²) < 4.78 is 5.58. The molecular weight excluding hydrogens is 494 g/mol. The number of carbonyl (C=O) groups excluding carboxylic acids is 4. The molecule has 4 unspecified atom stereocenters. The molecule has 4 aliphatic rings. The van der Waals surface area contributed by atoms with Gasteiger partial charge in [0.1, 0.15) is 11.5 Å². The number of allylic oxidation sites excluding steroid dienone is 6. The zero-order valence-electron chi connectivity index (χ0n) is 21.6. The predicted octanol–water partition coefficient (Wildman–Crippen LogP) is 4.68. The topological polar surface area (TPSA) is 101 Å². The van der Waals surface area contributed by atoms with Gasteiger partial charge in [-0.2, -0.15) is 0 Å². The number of aromatic hydroxyl groups is 1. The summed E-state index contributed by atoms with van der Waals surface area (Å²) in [6.07, 6.45) is 5.44. The molecule has 0 spiro atoms. The summed E-state index contributed by atoms with van der Waals surface area (Å²) in [7, 11) is 1.48. The fraction of sp³-hybridized carbons (Fsp3) is 0.250. The van der Waals surface area contributed by atoms with Crippen LogP contribution in [0.25, 0.3) is 6.08 Å². The van der Waals surface area contributed by atoms with E-state index >= 15 is 0 Å². The van der Waals surface area contributed by atoms with E-state index in [9.17, 15) is 24.3 Å². The van der Waals surface area contributed by atoms with E-state index in [0.29, 0.717) is 40.1 Å². The number of hydrogen-bond acceptors (Lipinski definition) is 6. The summed E-state index contributed by atoms with van der Waals surface area (Å²) >= 11 is 0. The van der Waals surface area contributed by atoms with Gasteiger partial charge in [0.2, 0.25) is 11.8 Å². The molecule has 1 fully saturated rings. The number of benzene rings is 2. The van der Waals surface area contributed by atoms with Crippen LogP contribution in [0.3, 0.4) is 0 Å². The van der Waals surface area contributed by atoms with Crippen molar-refractivity contribution in [1.82, 2.24) is 0 Å². The van der Waals surface area contributed by atoms with Gasteiger partial charge >= 0.3 is 0 Å². The Balaban J connectivity index is 1.50. The van der Waals surface area contributed by atoms with Crippen LogP contribution in [0.5, 0.6) is 11.5 Å². The number of nitrogens with zero attached hydrogens (tertiary/aromatic N) is 1. The lowest BCUT2D eigenvalue weighted by molar-refractivity contribution is -0.123. The molecule has 0 bridgehead atoms. The van der Waals surface area contributed by atoms with E-state index < -0.39 is 23.7 Å². The molecular formula is C32H27NO6. The first-order chi connectivity index (χ1) is 18.8. The molecule has 0 saturated carbocycles. The third-order valence-electron chi connectivity index (χ3n) is 8.50. The molecule has 0 radical (unpaired) electrons. The molecule has 1 N–H and O–H groups in total. The minimum Gasteiger partial charge on any atom is -0.507 e. The average molecular weight is 522 g/mol. The highest BCUT2D eigenvalue weighted by Gasteiger charge is 2.57. The molecule has 1 heterocycles. The fourth-order valence-electron chi connectivity index (χ4n) is 6.73. The Morgan fingerprint density at radius 2 is 1.77 bits per heavy atom. The summed E-state index contributed by atoms with van der Waals surface area (Å²) in [6.45, 7) is 5.36. The number of hydrogen-bond donors (Lipinski definition) is 1. The van der Waals surface area contributed by atoms with Crippen LogP contribution in [0, 0.1) is 17.8 Å². The molecule has 1 aliphatic heterocycles. The number of ketones is 2. The largest absolute Gasteiger partial charge is 0.507 e. The normalized spacial score (nSPS) is 26.1. The molecule has 0 aromatic heterocycles. The van der Waals surface area contributed by atoms with Crippen molar-refractivity contribution in [2.24, 2.45) is 17.8 Å². The summed E-state index contributed by atoms with van der Waals surface area (Å²) in [4.78, 5) is 55.6. The summed E-state index contributed by atoms with van der Waals surface area (Å²) in [6, 6.07) is 11.9. The highest BCUT2D eigenvalue weighted by atomic mass is 16.5. The van der Waals surface area contributed by atoms with Gasteiger partial charge in [0.25, 0.3) is 0 Å². The number of rotatable bonds is 4. The van der Waals surface area contributed by atoms with E-state index in [1.54, 1.807) is 49.4 Å². The first-order valence-corrected chi connectivity index (χ1v) is 12.9. The maximum atomic E-state index is 14.0. The van der Waals surface area contributed by atoms with Crippen LogP contribution < -0.4 is 9.64 Å². The smallest absolute Gasteiger partial charge is 0.238 e. The Labute approximate surface area is 225 Å². The fourth-order valence-corrected chi connectivity index (χ4v) is 6.73. The van der Waals surface area contributed by atoms with Crippen LogP contribution in [0.2, 0.25) is 0 Å². The van der Waals surface area contributed by atoms with E-state index in [2.05, 4.69) is 6.58 Å². The molecule has 7 nitrogen and oxygen atoms in total. The number of Topliss-reactive ketones (excluding diaryl/α,β-unsaturated/α-hetero) is 1. The predicted molar refractivity (Wildman–Crippen MR) is 145 cm³/mol. The van der Waals surface area contributed by atoms with Crippen LogP contribution in [0.4, 0.5) is 5.69 Å². The molecule has 2 amide bonds. The van der Waals surface area contributed by atoms with Crippen LogP contribution in [-0.4, -0.2) is 35.6 Å². The van der Waals surface area contributed by atoms with E-state index in [0.717, 1.165) is 11.1 Å². The Kier molecular flexibility index (Phi) is 5.75. The van der Waals surface area contributed by atoms with E-state index in [1.807, 2.05) is 6.08 Å². The number of methoxy groups -OCH3 is 1. The van der Waals surface area contributed by atoms with Crippen molar-refractivity contribution in [2.45, 2.75) is 25.7 Å². The molecule has 3 aliphatic carbocycles. The Bertz CT molecular complexity index is 1570. The number of fused-ring (bicyclic) bond motifs is 3. The number of anilines is 1. The quantitative estimate of drug-likeness (QED) is 0.356. The van der Waals surface area contributed by atoms with Crippen LogP contribution >= 0.6 is 0 Å². The van der Waals surface area contributed by atoms with Gasteiger partial charge in [-0.25, -0.2) is 0 Å². The molecule has 4 atom stereocenters. The monoisotopic (exact) mass is 521 g/mol. The van der Waals surface area contributed by atoms with Gasteiger partial charge in [0, 0.05) is 28.2 Å². The molecule has 2 aromatic rings. The van der Waals surface area contributed by atoms with E-state index in [4.69, 9.17) is 4.74 Å². The second kappa shape index (κ2) is 9.05. The van der Waals surface area contributed by atoms with Crippen molar-refractivity contribution in [3.63, 3.8) is 0 Å². The van der Waals surface area contributed by atoms with Crippen LogP contribution in [0.1, 0.15) is 36.8 Å².